The number of aliphatic carboxylic acids is 1. The highest BCUT2D eigenvalue weighted by Crippen LogP contribution is 2.42. The number of amides is 2. The van der Waals surface area contributed by atoms with Crippen LogP contribution in [0, 0.1) is 0 Å². The summed E-state index contributed by atoms with van der Waals surface area (Å²) in [6.45, 7) is 0. The summed E-state index contributed by atoms with van der Waals surface area (Å²) in [7, 11) is 0. The predicted molar refractivity (Wildman–Crippen MR) is 66.3 cm³/mol. The van der Waals surface area contributed by atoms with Crippen LogP contribution in [0.25, 0.3) is 0 Å². The summed E-state index contributed by atoms with van der Waals surface area (Å²) in [5, 5.41) is 9.39. The van der Waals surface area contributed by atoms with Crippen molar-refractivity contribution in [2.24, 2.45) is 0 Å². The molecule has 110 valence electrons. The fraction of sp³-hybridized carbons (Fsp3) is 0.357. The van der Waals surface area contributed by atoms with Crippen LogP contribution in [0.2, 0.25) is 0 Å². The minimum absolute atomic E-state index is 0.0563. The number of nitrogens with zero attached hydrogens (tertiary/aromatic N) is 1. The summed E-state index contributed by atoms with van der Waals surface area (Å²) >= 11 is 0. The molecule has 1 saturated carbocycles. The Labute approximate surface area is 118 Å². The van der Waals surface area contributed by atoms with Crippen molar-refractivity contribution < 1.29 is 28.3 Å². The molecule has 0 saturated heterocycles. The molecular formula is C14H11F2NO4. The van der Waals surface area contributed by atoms with Gasteiger partial charge in [0.2, 0.25) is 0 Å². The van der Waals surface area contributed by atoms with Crippen molar-refractivity contribution in [1.29, 1.82) is 0 Å². The molecule has 0 spiro atoms. The number of imide groups is 1. The molecule has 1 aliphatic heterocycles. The number of benzene rings is 1. The summed E-state index contributed by atoms with van der Waals surface area (Å²) < 4.78 is 27.0. The maximum atomic E-state index is 13.5. The topological polar surface area (TPSA) is 74.7 Å². The lowest BCUT2D eigenvalue weighted by atomic mass is 9.95. The number of carbonyl (C=O) groups excluding carboxylic acids is 2. The average Bonchev–Trinajstić information content (AvgIpc) is 2.88. The molecule has 0 aromatic heterocycles. The lowest BCUT2D eigenvalue weighted by Crippen LogP contribution is -2.56. The van der Waals surface area contributed by atoms with Crippen LogP contribution in [0.1, 0.15) is 33.6 Å². The quantitative estimate of drug-likeness (QED) is 0.841. The van der Waals surface area contributed by atoms with Gasteiger partial charge in [-0.15, -0.1) is 0 Å². The molecule has 1 aromatic rings. The van der Waals surface area contributed by atoms with Crippen LogP contribution in [-0.4, -0.2) is 45.7 Å². The normalized spacial score (nSPS) is 27.0. The number of fused-ring (bicyclic) bond motifs is 1. The van der Waals surface area contributed by atoms with E-state index >= 15 is 0 Å². The Bertz CT molecular complexity index is 615. The van der Waals surface area contributed by atoms with Gasteiger partial charge in [0.15, 0.2) is 5.54 Å². The Hall–Kier alpha value is -2.31. The number of carbonyl (C=O) groups is 3. The molecule has 0 radical (unpaired) electrons. The van der Waals surface area contributed by atoms with Gasteiger partial charge in [-0.1, -0.05) is 12.1 Å². The van der Waals surface area contributed by atoms with Gasteiger partial charge < -0.3 is 5.11 Å². The predicted octanol–water partition coefficient (Wildman–Crippen LogP) is 1.58. The average molecular weight is 295 g/mol. The van der Waals surface area contributed by atoms with Gasteiger partial charge in [0, 0.05) is 12.8 Å². The minimum Gasteiger partial charge on any atom is -0.479 e. The zero-order chi connectivity index (χ0) is 15.4. The molecule has 1 aliphatic carbocycles. The van der Waals surface area contributed by atoms with Gasteiger partial charge in [0.1, 0.15) is 12.3 Å². The zero-order valence-corrected chi connectivity index (χ0v) is 10.8. The smallest absolute Gasteiger partial charge is 0.330 e. The first-order chi connectivity index (χ1) is 9.88. The number of carboxylic acids is 1. The van der Waals surface area contributed by atoms with E-state index in [2.05, 4.69) is 0 Å². The minimum atomic E-state index is -2.16. The van der Waals surface area contributed by atoms with Crippen LogP contribution in [0.4, 0.5) is 8.78 Å². The number of rotatable bonds is 2. The van der Waals surface area contributed by atoms with E-state index in [9.17, 15) is 28.3 Å². The van der Waals surface area contributed by atoms with Crippen molar-refractivity contribution in [1.82, 2.24) is 4.90 Å². The second kappa shape index (κ2) is 4.34. The summed E-state index contributed by atoms with van der Waals surface area (Å²) in [5.41, 5.74) is -2.05. The number of alkyl halides is 2. The Morgan fingerprint density at radius 2 is 1.52 bits per heavy atom. The van der Waals surface area contributed by atoms with Gasteiger partial charge in [0.25, 0.3) is 11.8 Å². The fourth-order valence-electron chi connectivity index (χ4n) is 3.02. The Morgan fingerprint density at radius 3 is 1.90 bits per heavy atom. The molecule has 1 N–H and O–H groups in total. The SMILES string of the molecule is O=C1c2ccccc2C(=O)N1C1(C(=O)O)C[C@@H](F)[C@H](F)C1. The highest BCUT2D eigenvalue weighted by atomic mass is 19.2. The van der Waals surface area contributed by atoms with Crippen LogP contribution in [0.3, 0.4) is 0 Å². The molecule has 21 heavy (non-hydrogen) atoms. The van der Waals surface area contributed by atoms with E-state index in [4.69, 9.17) is 0 Å². The summed E-state index contributed by atoms with van der Waals surface area (Å²) in [6, 6.07) is 5.84. The van der Waals surface area contributed by atoms with Crippen LogP contribution >= 0.6 is 0 Å². The lowest BCUT2D eigenvalue weighted by molar-refractivity contribution is -0.148. The Morgan fingerprint density at radius 1 is 1.10 bits per heavy atom. The summed E-state index contributed by atoms with van der Waals surface area (Å²) in [4.78, 5) is 36.7. The van der Waals surface area contributed by atoms with Crippen molar-refractivity contribution in [3.05, 3.63) is 35.4 Å². The van der Waals surface area contributed by atoms with Crippen molar-refractivity contribution in [2.75, 3.05) is 0 Å². The molecule has 2 aliphatic rings. The molecule has 1 fully saturated rings. The Balaban J connectivity index is 2.10. The van der Waals surface area contributed by atoms with E-state index in [-0.39, 0.29) is 11.1 Å². The highest BCUT2D eigenvalue weighted by molar-refractivity contribution is 6.23. The van der Waals surface area contributed by atoms with Crippen LogP contribution in [-0.2, 0) is 4.79 Å². The Kier molecular flexibility index (Phi) is 2.82. The largest absolute Gasteiger partial charge is 0.479 e. The third-order valence-electron chi connectivity index (χ3n) is 4.08. The van der Waals surface area contributed by atoms with Crippen molar-refractivity contribution in [3.8, 4) is 0 Å². The highest BCUT2D eigenvalue weighted by Gasteiger charge is 2.60. The van der Waals surface area contributed by atoms with E-state index < -0.39 is 48.5 Å². The molecule has 7 heteroatoms. The second-order valence-corrected chi connectivity index (χ2v) is 5.27. The summed E-state index contributed by atoms with van der Waals surface area (Å²) in [6.07, 6.45) is -5.47. The van der Waals surface area contributed by atoms with Gasteiger partial charge in [-0.3, -0.25) is 14.5 Å². The van der Waals surface area contributed by atoms with E-state index in [1.54, 1.807) is 0 Å². The molecule has 1 heterocycles. The molecular weight excluding hydrogens is 284 g/mol. The molecule has 0 unspecified atom stereocenters. The lowest BCUT2D eigenvalue weighted by Gasteiger charge is -2.32. The monoisotopic (exact) mass is 295 g/mol. The van der Waals surface area contributed by atoms with Crippen molar-refractivity contribution in [3.63, 3.8) is 0 Å². The van der Waals surface area contributed by atoms with Gasteiger partial charge >= 0.3 is 5.97 Å². The maximum absolute atomic E-state index is 13.5. The zero-order valence-electron chi connectivity index (χ0n) is 10.8. The number of hydrogen-bond acceptors (Lipinski definition) is 3. The standard InChI is InChI=1S/C14H11F2NO4/c15-9-5-14(13(20)21,6-10(9)16)17-11(18)7-3-1-2-4-8(7)12(17)19/h1-4,9-10H,5-6H2,(H,20,21)/t9-,10-/m1/s1. The van der Waals surface area contributed by atoms with E-state index in [1.807, 2.05) is 0 Å². The van der Waals surface area contributed by atoms with Crippen LogP contribution in [0.5, 0.6) is 0 Å². The molecule has 0 bridgehead atoms. The van der Waals surface area contributed by atoms with Crippen molar-refractivity contribution >= 4 is 17.8 Å². The van der Waals surface area contributed by atoms with Crippen molar-refractivity contribution in [2.45, 2.75) is 30.7 Å². The van der Waals surface area contributed by atoms with Gasteiger partial charge in [-0.25, -0.2) is 13.6 Å². The number of hydrogen-bond donors (Lipinski definition) is 1. The van der Waals surface area contributed by atoms with Gasteiger partial charge in [-0.05, 0) is 12.1 Å². The van der Waals surface area contributed by atoms with Gasteiger partial charge in [-0.2, -0.15) is 0 Å². The fourth-order valence-corrected chi connectivity index (χ4v) is 3.02. The first-order valence-electron chi connectivity index (χ1n) is 6.38. The second-order valence-electron chi connectivity index (χ2n) is 5.27. The first kappa shape index (κ1) is 13.7. The van der Waals surface area contributed by atoms with E-state index in [0.717, 1.165) is 0 Å². The molecule has 1 aromatic carbocycles. The third-order valence-corrected chi connectivity index (χ3v) is 4.08. The molecule has 5 nitrogen and oxygen atoms in total. The van der Waals surface area contributed by atoms with E-state index in [1.165, 1.54) is 24.3 Å². The van der Waals surface area contributed by atoms with Gasteiger partial charge in [0.05, 0.1) is 11.1 Å². The molecule has 3 rings (SSSR count). The third kappa shape index (κ3) is 1.69. The molecule has 2 atom stereocenters. The molecule has 2 amide bonds. The summed E-state index contributed by atoms with van der Waals surface area (Å²) in [5.74, 6) is -3.21. The van der Waals surface area contributed by atoms with E-state index in [0.29, 0.717) is 4.90 Å². The van der Waals surface area contributed by atoms with Crippen LogP contribution < -0.4 is 0 Å². The maximum Gasteiger partial charge on any atom is 0.330 e. The van der Waals surface area contributed by atoms with Crippen LogP contribution in [0.15, 0.2) is 24.3 Å². The first-order valence-corrected chi connectivity index (χ1v) is 6.38. The number of carboxylic acid groups (broad SMARTS) is 1. The number of halogens is 2.